The van der Waals surface area contributed by atoms with Crippen LogP contribution >= 0.6 is 0 Å². The summed E-state index contributed by atoms with van der Waals surface area (Å²) in [7, 11) is 0. The fraction of sp³-hybridized carbons (Fsp3) is 0.375. The molecule has 1 saturated heterocycles. The van der Waals surface area contributed by atoms with Gasteiger partial charge in [0.25, 0.3) is 0 Å². The molecular formula is C16H19FN4O. The van der Waals surface area contributed by atoms with Crippen LogP contribution in [0.25, 0.3) is 0 Å². The Bertz CT molecular complexity index is 583. The molecule has 0 amide bonds. The number of hydrogen-bond donors (Lipinski definition) is 2. The van der Waals surface area contributed by atoms with Crippen molar-refractivity contribution in [1.82, 2.24) is 14.9 Å². The minimum atomic E-state index is -1.16. The summed E-state index contributed by atoms with van der Waals surface area (Å²) < 4.78 is 13.3. The van der Waals surface area contributed by atoms with Crippen molar-refractivity contribution in [2.75, 3.05) is 18.4 Å². The third-order valence-corrected chi connectivity index (χ3v) is 3.70. The summed E-state index contributed by atoms with van der Waals surface area (Å²) in [5, 5.41) is 12.6. The molecule has 5 nitrogen and oxygen atoms in total. The van der Waals surface area contributed by atoms with E-state index in [4.69, 9.17) is 0 Å². The highest BCUT2D eigenvalue weighted by Crippen LogP contribution is 2.16. The van der Waals surface area contributed by atoms with Gasteiger partial charge in [-0.15, -0.1) is 0 Å². The van der Waals surface area contributed by atoms with E-state index in [9.17, 15) is 9.50 Å². The second kappa shape index (κ2) is 6.81. The molecule has 0 aliphatic carbocycles. The molecule has 1 fully saturated rings. The highest BCUT2D eigenvalue weighted by atomic mass is 19.1. The van der Waals surface area contributed by atoms with Crippen molar-refractivity contribution >= 4 is 5.95 Å². The fourth-order valence-electron chi connectivity index (χ4n) is 2.51. The maximum atomic E-state index is 13.3. The third kappa shape index (κ3) is 3.78. The molecule has 2 atom stereocenters. The van der Waals surface area contributed by atoms with E-state index in [1.165, 1.54) is 0 Å². The van der Waals surface area contributed by atoms with Gasteiger partial charge >= 0.3 is 0 Å². The first-order valence-corrected chi connectivity index (χ1v) is 7.34. The van der Waals surface area contributed by atoms with Gasteiger partial charge in [0, 0.05) is 44.1 Å². The molecule has 0 saturated carbocycles. The fourth-order valence-corrected chi connectivity index (χ4v) is 2.51. The van der Waals surface area contributed by atoms with Gasteiger partial charge in [0.2, 0.25) is 5.95 Å². The van der Waals surface area contributed by atoms with Crippen LogP contribution in [0.3, 0.4) is 0 Å². The van der Waals surface area contributed by atoms with E-state index in [2.05, 4.69) is 15.3 Å². The third-order valence-electron chi connectivity index (χ3n) is 3.70. The first-order valence-electron chi connectivity index (χ1n) is 7.34. The van der Waals surface area contributed by atoms with Gasteiger partial charge in [-0.1, -0.05) is 30.3 Å². The van der Waals surface area contributed by atoms with Gasteiger partial charge in [-0.25, -0.2) is 14.4 Å². The average Bonchev–Trinajstić information content (AvgIpc) is 2.85. The Morgan fingerprint density at radius 1 is 1.14 bits per heavy atom. The number of alkyl halides is 1. The molecule has 0 unspecified atom stereocenters. The van der Waals surface area contributed by atoms with Crippen molar-refractivity contribution in [2.24, 2.45) is 0 Å². The molecule has 1 aliphatic rings. The summed E-state index contributed by atoms with van der Waals surface area (Å²) in [5.74, 6) is 0.567. The van der Waals surface area contributed by atoms with Crippen LogP contribution in [0.1, 0.15) is 11.1 Å². The Hall–Kier alpha value is -2.05. The highest BCUT2D eigenvalue weighted by molar-refractivity contribution is 5.27. The lowest BCUT2D eigenvalue weighted by molar-refractivity contribution is 0.115. The maximum absolute atomic E-state index is 13.3. The molecule has 0 spiro atoms. The largest absolute Gasteiger partial charge is 0.389 e. The molecular weight excluding hydrogens is 283 g/mol. The van der Waals surface area contributed by atoms with Crippen LogP contribution in [0.2, 0.25) is 0 Å². The van der Waals surface area contributed by atoms with Crippen molar-refractivity contribution in [3.8, 4) is 0 Å². The van der Waals surface area contributed by atoms with Gasteiger partial charge < -0.3 is 10.4 Å². The van der Waals surface area contributed by atoms with Crippen LogP contribution in [0.5, 0.6) is 0 Å². The number of nitrogens with one attached hydrogen (secondary N) is 1. The zero-order valence-corrected chi connectivity index (χ0v) is 12.2. The Balaban J connectivity index is 1.52. The monoisotopic (exact) mass is 302 g/mol. The smallest absolute Gasteiger partial charge is 0.222 e. The number of hydrogen-bond acceptors (Lipinski definition) is 5. The quantitative estimate of drug-likeness (QED) is 0.878. The highest BCUT2D eigenvalue weighted by Gasteiger charge is 2.30. The van der Waals surface area contributed by atoms with Gasteiger partial charge in [0.05, 0.1) is 6.10 Å². The van der Waals surface area contributed by atoms with Crippen LogP contribution in [0.4, 0.5) is 10.3 Å². The van der Waals surface area contributed by atoms with E-state index < -0.39 is 12.3 Å². The summed E-state index contributed by atoms with van der Waals surface area (Å²) >= 11 is 0. The number of rotatable bonds is 5. The zero-order chi connectivity index (χ0) is 15.4. The Labute approximate surface area is 128 Å². The molecule has 1 aromatic carbocycles. The lowest BCUT2D eigenvalue weighted by Gasteiger charge is -2.14. The van der Waals surface area contributed by atoms with Crippen molar-refractivity contribution in [3.63, 3.8) is 0 Å². The Morgan fingerprint density at radius 2 is 1.86 bits per heavy atom. The minimum Gasteiger partial charge on any atom is -0.389 e. The number of likely N-dealkylation sites (tertiary alicyclic amines) is 1. The Morgan fingerprint density at radius 3 is 2.50 bits per heavy atom. The van der Waals surface area contributed by atoms with Crippen LogP contribution in [-0.2, 0) is 13.1 Å². The van der Waals surface area contributed by atoms with Gasteiger partial charge in [-0.3, -0.25) is 4.90 Å². The molecule has 1 aromatic heterocycles. The SMILES string of the molecule is O[C@H]1CN(Cc2cnc(NCc3ccccc3)nc2)C[C@@H]1F. The number of aromatic nitrogens is 2. The van der Waals surface area contributed by atoms with Crippen molar-refractivity contribution in [3.05, 3.63) is 53.9 Å². The van der Waals surface area contributed by atoms with Gasteiger partial charge in [-0.2, -0.15) is 0 Å². The van der Waals surface area contributed by atoms with Crippen molar-refractivity contribution in [2.45, 2.75) is 25.4 Å². The standard InChI is InChI=1S/C16H19FN4O/c17-14-10-21(11-15(14)22)9-13-7-19-16(20-8-13)18-6-12-4-2-1-3-5-12/h1-5,7-8,14-15,22H,6,9-11H2,(H,18,19,20)/t14-,15-/m0/s1. The first-order chi connectivity index (χ1) is 10.7. The van der Waals surface area contributed by atoms with Gasteiger partial charge in [0.15, 0.2) is 0 Å². The summed E-state index contributed by atoms with van der Waals surface area (Å²) in [6.07, 6.45) is 1.43. The number of aliphatic hydroxyl groups excluding tert-OH is 1. The van der Waals surface area contributed by atoms with E-state index in [0.29, 0.717) is 25.6 Å². The predicted molar refractivity (Wildman–Crippen MR) is 82.0 cm³/mol. The van der Waals surface area contributed by atoms with E-state index in [-0.39, 0.29) is 6.54 Å². The van der Waals surface area contributed by atoms with Crippen molar-refractivity contribution < 1.29 is 9.50 Å². The summed E-state index contributed by atoms with van der Waals surface area (Å²) in [5.41, 5.74) is 2.07. The first kappa shape index (κ1) is 14.9. The molecule has 2 aromatic rings. The predicted octanol–water partition coefficient (Wildman–Crippen LogP) is 1.60. The van der Waals surface area contributed by atoms with Crippen LogP contribution in [-0.4, -0.2) is 45.3 Å². The maximum Gasteiger partial charge on any atom is 0.222 e. The zero-order valence-electron chi connectivity index (χ0n) is 12.2. The minimum absolute atomic E-state index is 0.259. The Kier molecular flexibility index (Phi) is 4.60. The average molecular weight is 302 g/mol. The number of benzene rings is 1. The normalized spacial score (nSPS) is 21.9. The molecule has 0 radical (unpaired) electrons. The van der Waals surface area contributed by atoms with E-state index >= 15 is 0 Å². The number of nitrogens with zero attached hydrogens (tertiary/aromatic N) is 3. The van der Waals surface area contributed by atoms with Crippen LogP contribution < -0.4 is 5.32 Å². The second-order valence-electron chi connectivity index (χ2n) is 5.53. The molecule has 6 heteroatoms. The molecule has 0 bridgehead atoms. The topological polar surface area (TPSA) is 61.3 Å². The summed E-state index contributed by atoms with van der Waals surface area (Å²) in [4.78, 5) is 10.4. The molecule has 2 N–H and O–H groups in total. The summed E-state index contributed by atoms with van der Waals surface area (Å²) in [6, 6.07) is 10.0. The molecule has 3 rings (SSSR count). The number of β-amino-alcohol motifs (C(OH)–C–C–N with tert-alkyl or cyclic N) is 1. The molecule has 22 heavy (non-hydrogen) atoms. The number of anilines is 1. The molecule has 1 aliphatic heterocycles. The van der Waals surface area contributed by atoms with E-state index in [1.807, 2.05) is 35.2 Å². The van der Waals surface area contributed by atoms with Crippen LogP contribution in [0.15, 0.2) is 42.7 Å². The number of halogens is 1. The summed E-state index contributed by atoms with van der Waals surface area (Å²) in [6.45, 7) is 1.84. The van der Waals surface area contributed by atoms with Gasteiger partial charge in [0.1, 0.15) is 6.17 Å². The van der Waals surface area contributed by atoms with E-state index in [1.54, 1.807) is 12.4 Å². The lowest BCUT2D eigenvalue weighted by atomic mass is 10.2. The van der Waals surface area contributed by atoms with Crippen molar-refractivity contribution in [1.29, 1.82) is 0 Å². The van der Waals surface area contributed by atoms with Gasteiger partial charge in [-0.05, 0) is 5.56 Å². The number of aliphatic hydroxyl groups is 1. The van der Waals surface area contributed by atoms with E-state index in [0.717, 1.165) is 11.1 Å². The second-order valence-corrected chi connectivity index (χ2v) is 5.53. The van der Waals surface area contributed by atoms with Crippen LogP contribution in [0, 0.1) is 0 Å². The lowest BCUT2D eigenvalue weighted by Crippen LogP contribution is -2.21. The molecule has 2 heterocycles. The molecule has 116 valence electrons.